The fraction of sp³-hybridized carbons (Fsp3) is 0.407. The first-order chi connectivity index (χ1) is 18.1. The van der Waals surface area contributed by atoms with Crippen molar-refractivity contribution in [1.29, 1.82) is 0 Å². The summed E-state index contributed by atoms with van der Waals surface area (Å²) in [5, 5.41) is 6.38. The predicted molar refractivity (Wildman–Crippen MR) is 154 cm³/mol. The zero-order valence-corrected chi connectivity index (χ0v) is 24.0. The minimum atomic E-state index is -1.20. The van der Waals surface area contributed by atoms with E-state index in [2.05, 4.69) is 57.0 Å². The highest BCUT2D eigenvalue weighted by atomic mass is 35.5. The number of carbonyl (C=O) groups is 2. The molecule has 0 spiro atoms. The number of rotatable bonds is 10. The van der Waals surface area contributed by atoms with Gasteiger partial charge in [-0.05, 0) is 43.2 Å². The minimum Gasteiger partial charge on any atom is -0.377 e. The van der Waals surface area contributed by atoms with Crippen LogP contribution in [0.1, 0.15) is 28.2 Å². The van der Waals surface area contributed by atoms with Crippen molar-refractivity contribution in [2.24, 2.45) is 0 Å². The second-order valence-electron chi connectivity index (χ2n) is 10.5. The molecule has 2 N–H and O–H groups in total. The van der Waals surface area contributed by atoms with Gasteiger partial charge in [0.25, 0.3) is 5.91 Å². The summed E-state index contributed by atoms with van der Waals surface area (Å²) in [6.45, 7) is 11.1. The van der Waals surface area contributed by atoms with Gasteiger partial charge in [0.2, 0.25) is 5.91 Å². The van der Waals surface area contributed by atoms with Crippen LogP contribution in [-0.4, -0.2) is 60.1 Å². The van der Waals surface area contributed by atoms with Gasteiger partial charge >= 0.3 is 0 Å². The van der Waals surface area contributed by atoms with E-state index in [1.165, 1.54) is 11.8 Å². The highest BCUT2D eigenvalue weighted by Crippen LogP contribution is 2.29. The zero-order chi connectivity index (χ0) is 27.3. The van der Waals surface area contributed by atoms with E-state index in [1.54, 1.807) is 19.2 Å². The molecule has 0 aromatic carbocycles. The molecule has 4 heterocycles. The molecule has 0 saturated heterocycles. The molecule has 1 aliphatic heterocycles. The summed E-state index contributed by atoms with van der Waals surface area (Å²) >= 11 is 5.57. The Morgan fingerprint density at radius 3 is 2.68 bits per heavy atom. The molecule has 1 aliphatic rings. The van der Waals surface area contributed by atoms with Crippen molar-refractivity contribution < 1.29 is 19.1 Å². The van der Waals surface area contributed by atoms with Crippen molar-refractivity contribution in [2.45, 2.75) is 45.8 Å². The first-order valence-electron chi connectivity index (χ1n) is 12.6. The van der Waals surface area contributed by atoms with E-state index in [4.69, 9.17) is 21.1 Å². The first kappa shape index (κ1) is 28.0. The first-order valence-corrected chi connectivity index (χ1v) is 16.9. The third-order valence-electron chi connectivity index (χ3n) is 6.25. The van der Waals surface area contributed by atoms with Crippen LogP contribution in [0.25, 0.3) is 16.6 Å². The maximum atomic E-state index is 13.2. The van der Waals surface area contributed by atoms with Gasteiger partial charge in [-0.2, -0.15) is 0 Å². The van der Waals surface area contributed by atoms with E-state index < -0.39 is 8.07 Å². The van der Waals surface area contributed by atoms with Gasteiger partial charge in [-0.3, -0.25) is 14.6 Å². The molecule has 0 saturated carbocycles. The Morgan fingerprint density at radius 1 is 1.16 bits per heavy atom. The Hall–Kier alpha value is -3.05. The number of anilines is 2. The maximum absolute atomic E-state index is 13.2. The molecule has 0 aliphatic carbocycles. The van der Waals surface area contributed by atoms with Crippen LogP contribution < -0.4 is 10.6 Å². The van der Waals surface area contributed by atoms with Crippen molar-refractivity contribution in [1.82, 2.24) is 14.5 Å². The summed E-state index contributed by atoms with van der Waals surface area (Å²) in [6, 6.07) is 6.64. The molecule has 0 unspecified atom stereocenters. The third-order valence-corrected chi connectivity index (χ3v) is 8.19. The fourth-order valence-corrected chi connectivity index (χ4v) is 4.90. The Labute approximate surface area is 228 Å². The molecule has 11 heteroatoms. The number of hydrogen-bond donors (Lipinski definition) is 2. The lowest BCUT2D eigenvalue weighted by Gasteiger charge is -2.18. The molecule has 4 rings (SSSR count). The zero-order valence-electron chi connectivity index (χ0n) is 22.3. The number of carbonyl (C=O) groups excluding carboxylic acids is 2. The number of pyridine rings is 2. The molecule has 0 radical (unpaired) electrons. The summed E-state index contributed by atoms with van der Waals surface area (Å²) in [5.74, 6) is -0.847. The van der Waals surface area contributed by atoms with Crippen LogP contribution in [0.4, 0.5) is 11.4 Å². The summed E-state index contributed by atoms with van der Waals surface area (Å²) in [4.78, 5) is 33.7. The number of aromatic nitrogens is 3. The Balaban J connectivity index is 1.59. The molecule has 0 bridgehead atoms. The molecule has 0 atom stereocenters. The van der Waals surface area contributed by atoms with Gasteiger partial charge in [-0.1, -0.05) is 25.7 Å². The molecule has 3 aromatic heterocycles. The number of aryl methyl sites for hydroxylation is 1. The van der Waals surface area contributed by atoms with Crippen LogP contribution in [0, 0.1) is 6.92 Å². The monoisotopic (exact) mass is 555 g/mol. The molecule has 202 valence electrons. The van der Waals surface area contributed by atoms with Crippen LogP contribution in [0.15, 0.2) is 36.7 Å². The van der Waals surface area contributed by atoms with E-state index >= 15 is 0 Å². The average Bonchev–Trinajstić information content (AvgIpc) is 3.26. The largest absolute Gasteiger partial charge is 0.377 e. The van der Waals surface area contributed by atoms with Gasteiger partial charge in [-0.15, -0.1) is 11.6 Å². The van der Waals surface area contributed by atoms with E-state index in [9.17, 15) is 9.59 Å². The lowest BCUT2D eigenvalue weighted by atomic mass is 10.1. The minimum absolute atomic E-state index is 0.170. The van der Waals surface area contributed by atoms with E-state index in [0.717, 1.165) is 29.2 Å². The number of nitrogens with one attached hydrogen (secondary N) is 2. The molecule has 0 fully saturated rings. The van der Waals surface area contributed by atoms with Crippen LogP contribution in [0.5, 0.6) is 0 Å². The average molecular weight is 556 g/mol. The normalized spacial score (nSPS) is 13.9. The van der Waals surface area contributed by atoms with Gasteiger partial charge in [0, 0.05) is 32.0 Å². The highest BCUT2D eigenvalue weighted by molar-refractivity contribution is 6.76. The molecule has 3 aromatic rings. The van der Waals surface area contributed by atoms with Crippen molar-refractivity contribution in [2.75, 3.05) is 36.3 Å². The summed E-state index contributed by atoms with van der Waals surface area (Å²) in [7, 11) is -1.20. The van der Waals surface area contributed by atoms with Gasteiger partial charge < -0.3 is 24.7 Å². The second-order valence-corrected chi connectivity index (χ2v) is 16.4. The summed E-state index contributed by atoms with van der Waals surface area (Å²) < 4.78 is 13.7. The number of halogens is 1. The smallest absolute Gasteiger partial charge is 0.257 e. The van der Waals surface area contributed by atoms with Gasteiger partial charge in [0.1, 0.15) is 18.3 Å². The number of hydrogen-bond acceptors (Lipinski definition) is 6. The highest BCUT2D eigenvalue weighted by Gasteiger charge is 2.19. The van der Waals surface area contributed by atoms with Crippen molar-refractivity contribution in [3.8, 4) is 0 Å². The van der Waals surface area contributed by atoms with E-state index in [-0.39, 0.29) is 17.7 Å². The predicted octanol–water partition coefficient (Wildman–Crippen LogP) is 5.29. The van der Waals surface area contributed by atoms with Gasteiger partial charge in [0.15, 0.2) is 0 Å². The number of nitrogens with zero attached hydrogens (tertiary/aromatic N) is 3. The standard InChI is InChI=1S/C27H34ClN5O4Si/c1-18-23(13-22(16-29-18)31-25(34)14-28)32-27(35)21-11-20-12-24(19-5-7-36-8-6-19)33(26(20)30-15-21)17-37-9-10-38(2,3)4/h5,11-13,15-16H,6-10,14,17H2,1-4H3,(H,31,34)(H,32,35). The Bertz CT molecular complexity index is 1370. The summed E-state index contributed by atoms with van der Waals surface area (Å²) in [5.41, 5.74) is 4.95. The lowest BCUT2D eigenvalue weighted by Crippen LogP contribution is -2.22. The van der Waals surface area contributed by atoms with Gasteiger partial charge in [-0.25, -0.2) is 4.98 Å². The van der Waals surface area contributed by atoms with Crippen molar-refractivity contribution >= 4 is 59.5 Å². The molecule has 9 nitrogen and oxygen atoms in total. The molecule has 38 heavy (non-hydrogen) atoms. The summed E-state index contributed by atoms with van der Waals surface area (Å²) in [6.07, 6.45) is 5.99. The Morgan fingerprint density at radius 2 is 1.97 bits per heavy atom. The number of ether oxygens (including phenoxy) is 2. The van der Waals surface area contributed by atoms with E-state index in [1.807, 2.05) is 6.07 Å². The van der Waals surface area contributed by atoms with E-state index in [0.29, 0.717) is 49.2 Å². The maximum Gasteiger partial charge on any atom is 0.257 e. The van der Waals surface area contributed by atoms with Crippen molar-refractivity contribution in [3.63, 3.8) is 0 Å². The van der Waals surface area contributed by atoms with Crippen LogP contribution in [0.3, 0.4) is 0 Å². The number of fused-ring (bicyclic) bond motifs is 1. The number of amides is 2. The third kappa shape index (κ3) is 7.07. The van der Waals surface area contributed by atoms with Crippen LogP contribution in [0.2, 0.25) is 25.7 Å². The number of alkyl halides is 1. The van der Waals surface area contributed by atoms with Gasteiger partial charge in [0.05, 0.1) is 42.0 Å². The second kappa shape index (κ2) is 12.2. The quantitative estimate of drug-likeness (QED) is 0.200. The molecule has 2 amide bonds. The van der Waals surface area contributed by atoms with Crippen LogP contribution in [-0.2, 0) is 21.0 Å². The van der Waals surface area contributed by atoms with Crippen molar-refractivity contribution in [3.05, 3.63) is 53.6 Å². The van der Waals surface area contributed by atoms with Crippen LogP contribution >= 0.6 is 11.6 Å². The molecular formula is C27H34ClN5O4Si. The topological polar surface area (TPSA) is 107 Å². The fourth-order valence-electron chi connectivity index (χ4n) is 4.08. The lowest BCUT2D eigenvalue weighted by molar-refractivity contribution is -0.113. The Kier molecular flexibility index (Phi) is 8.98. The molecular weight excluding hydrogens is 522 g/mol. The SMILES string of the molecule is Cc1ncc(NC(=O)CCl)cc1NC(=O)c1cnc2c(c1)cc(C1=CCOCC1)n2COCC[Si](C)(C)C.